The molecule has 30 nitrogen and oxygen atoms in total. The van der Waals surface area contributed by atoms with Crippen LogP contribution in [0.1, 0.15) is 160 Å². The number of hydrogen-bond acceptors (Lipinski definition) is 27. The first-order valence-corrected chi connectivity index (χ1v) is 39.2. The van der Waals surface area contributed by atoms with Crippen LogP contribution < -0.4 is 31.9 Å². The van der Waals surface area contributed by atoms with Crippen molar-refractivity contribution in [1.82, 2.24) is 31.9 Å². The van der Waals surface area contributed by atoms with Gasteiger partial charge in [0.2, 0.25) is 6.29 Å². The summed E-state index contributed by atoms with van der Waals surface area (Å²) >= 11 is 4.34. The van der Waals surface area contributed by atoms with Crippen molar-refractivity contribution < 1.29 is 114 Å². The summed E-state index contributed by atoms with van der Waals surface area (Å²) < 4.78 is 71.7. The van der Waals surface area contributed by atoms with Gasteiger partial charge in [0, 0.05) is 46.1 Å². The summed E-state index contributed by atoms with van der Waals surface area (Å²) in [5, 5.41) is 16.4. The third kappa shape index (κ3) is 19.0. The van der Waals surface area contributed by atoms with Gasteiger partial charge in [-0.2, -0.15) is 35.3 Å². The van der Waals surface area contributed by atoms with E-state index in [1.54, 1.807) is 24.3 Å². The molecule has 6 N–H and O–H groups in total. The molecular weight excluding hydrogens is 1400 g/mol. The summed E-state index contributed by atoms with van der Waals surface area (Å²) in [6.07, 6.45) is -6.23. The van der Waals surface area contributed by atoms with Gasteiger partial charge >= 0.3 is 65.8 Å². The zero-order valence-corrected chi connectivity index (χ0v) is 65.0. The van der Waals surface area contributed by atoms with Crippen LogP contribution >= 0.6 is 35.3 Å². The van der Waals surface area contributed by atoms with Crippen molar-refractivity contribution in [3.63, 3.8) is 0 Å². The second-order valence-electron chi connectivity index (χ2n) is 30.0. The molecule has 2 heterocycles. The van der Waals surface area contributed by atoms with Crippen LogP contribution in [-0.4, -0.2) is 220 Å². The molecule has 0 bridgehead atoms. The molecule has 7 aliphatic rings. The van der Waals surface area contributed by atoms with E-state index >= 15 is 4.79 Å². The molecule has 0 aromatic carbocycles. The molecule has 0 aromatic heterocycles. The maximum Gasteiger partial charge on any atom is 0.328 e. The Labute approximate surface area is 615 Å². The summed E-state index contributed by atoms with van der Waals surface area (Å²) in [6, 6.07) is -5.84. The van der Waals surface area contributed by atoms with Gasteiger partial charge in [0.15, 0.2) is 61.2 Å². The van der Waals surface area contributed by atoms with Crippen LogP contribution in [-0.2, 0) is 100.0 Å². The molecule has 3 unspecified atom stereocenters. The number of thioether (sulfide) groups is 3. The minimum absolute atomic E-state index is 0.0103. The van der Waals surface area contributed by atoms with Crippen LogP contribution in [0.15, 0.2) is 11.6 Å². The lowest BCUT2D eigenvalue weighted by atomic mass is 9.33. The minimum atomic E-state index is -2.11. The number of amides is 6. The van der Waals surface area contributed by atoms with Gasteiger partial charge in [0.1, 0.15) is 18.1 Å². The Morgan fingerprint density at radius 3 is 1.38 bits per heavy atom. The Kier molecular flexibility index (Phi) is 28.6. The van der Waals surface area contributed by atoms with E-state index in [0.29, 0.717) is 55.8 Å². The lowest BCUT2D eigenvalue weighted by Crippen LogP contribution is -2.71. The lowest BCUT2D eigenvalue weighted by Gasteiger charge is -2.70. The molecule has 6 amide bonds. The maximum absolute atomic E-state index is 15.8. The number of allylic oxidation sites excluding steroid dienone is 2. The van der Waals surface area contributed by atoms with Gasteiger partial charge in [-0.25, -0.2) is 28.8 Å². The van der Waals surface area contributed by atoms with Crippen LogP contribution in [0, 0.1) is 44.8 Å². The van der Waals surface area contributed by atoms with Crippen molar-refractivity contribution in [3.05, 3.63) is 11.6 Å². The van der Waals surface area contributed by atoms with Crippen LogP contribution in [0.4, 0.5) is 14.4 Å². The molecule has 0 aromatic rings. The molecule has 22 atom stereocenters. The predicted molar refractivity (Wildman–Crippen MR) is 376 cm³/mol. The Morgan fingerprint density at radius 2 is 0.932 bits per heavy atom. The Hall–Kier alpha value is -6.13. The second kappa shape index (κ2) is 35.1. The monoisotopic (exact) mass is 1510 g/mol. The number of nitrogens with one attached hydrogen (secondary N) is 6. The topological polar surface area (TPSA) is 388 Å². The van der Waals surface area contributed by atoms with Crippen LogP contribution in [0.2, 0.25) is 0 Å². The van der Waals surface area contributed by atoms with Gasteiger partial charge in [-0.15, -0.1) is 0 Å². The molecule has 0 radical (unpaired) electrons. The summed E-state index contributed by atoms with van der Waals surface area (Å²) in [5.41, 5.74) is -2.37. The lowest BCUT2D eigenvalue weighted by molar-refractivity contribution is -0.378. The van der Waals surface area contributed by atoms with Gasteiger partial charge in [0.25, 0.3) is 0 Å². The van der Waals surface area contributed by atoms with Gasteiger partial charge < -0.3 is 88.7 Å². The number of methoxy groups -OCH3 is 3. The minimum Gasteiger partial charge on any atom is -0.467 e. The molecular formula is C70H108N6O24S3. The van der Waals surface area contributed by atoms with Crippen LogP contribution in [0.3, 0.4) is 0 Å². The van der Waals surface area contributed by atoms with Crippen molar-refractivity contribution in [2.75, 3.05) is 57.4 Å². The third-order valence-corrected chi connectivity index (χ3v) is 24.7. The normalized spacial score (nSPS) is 35.0. The van der Waals surface area contributed by atoms with Crippen LogP contribution in [0.25, 0.3) is 0 Å². The smallest absolute Gasteiger partial charge is 0.328 e. The first kappa shape index (κ1) is 84.1. The second-order valence-corrected chi connectivity index (χ2v) is 32.9. The van der Waals surface area contributed by atoms with Crippen molar-refractivity contribution in [2.45, 2.75) is 252 Å². The fourth-order valence-electron chi connectivity index (χ4n) is 17.7. The zero-order chi connectivity index (χ0) is 76.5. The van der Waals surface area contributed by atoms with Gasteiger partial charge in [0.05, 0.1) is 27.4 Å². The number of hydrogen-bond donors (Lipinski definition) is 6. The predicted octanol–water partition coefficient (Wildman–Crippen LogP) is 6.29. The van der Waals surface area contributed by atoms with Gasteiger partial charge in [-0.05, 0) is 165 Å². The van der Waals surface area contributed by atoms with Crippen LogP contribution in [0.5, 0.6) is 0 Å². The number of carbonyl (C=O) groups is 12. The Bertz CT molecular complexity index is 3180. The van der Waals surface area contributed by atoms with Gasteiger partial charge in [-0.1, -0.05) is 47.1 Å². The van der Waals surface area contributed by atoms with E-state index in [0.717, 1.165) is 73.7 Å². The fraction of sp³-hybridized carbons (Fsp3) is 0.800. The molecule has 2 saturated heterocycles. The van der Waals surface area contributed by atoms with Crippen molar-refractivity contribution in [3.8, 4) is 0 Å². The number of urea groups is 3. The highest BCUT2D eigenvalue weighted by Gasteiger charge is 2.71. The molecule has 33 heteroatoms. The van der Waals surface area contributed by atoms with E-state index in [4.69, 9.17) is 56.8 Å². The maximum atomic E-state index is 15.8. The highest BCUT2D eigenvalue weighted by atomic mass is 32.2. The Balaban J connectivity index is 1.30. The van der Waals surface area contributed by atoms with Gasteiger partial charge in [-0.3, -0.25) is 28.8 Å². The highest BCUT2D eigenvalue weighted by Crippen LogP contribution is 2.75. The largest absolute Gasteiger partial charge is 0.467 e. The van der Waals surface area contributed by atoms with E-state index in [9.17, 15) is 52.7 Å². The molecule has 580 valence electrons. The SMILES string of the molecule is COC(=O)C(CCSC)NC(=O)N[C@@H]1O[C@@H](O[C@H]2[C@H](O[C@H]3CC[C@]4(C)[C@H]5C(=O)C=C6[C@@H]7C[C@@](C)(NC(=O)NC(CCSC)C(=O)OC)CC[C@]7(C)CC[C@@]6(C)[C@]5(C)CC[C@H]4C3(C)C)O[C@H](NC(=O)NC(CCSC)C(=O)OC)[C@@H](OC(C)=O)[C@@H]2OC(C)=O)[C@H](OC(C)=O)[C@@H](OC(C)=O)[C@@H]1OC(C)=O. The summed E-state index contributed by atoms with van der Waals surface area (Å²) in [4.78, 5) is 164. The zero-order valence-electron chi connectivity index (χ0n) is 62.5. The quantitative estimate of drug-likeness (QED) is 0.0299. The van der Waals surface area contributed by atoms with E-state index < -0.39 is 185 Å². The average molecular weight is 1510 g/mol. The number of ether oxygens (including phenoxy) is 12. The molecule has 103 heavy (non-hydrogen) atoms. The first-order chi connectivity index (χ1) is 48.3. The summed E-state index contributed by atoms with van der Waals surface area (Å²) in [6.45, 7) is 20.2. The van der Waals surface area contributed by atoms with Crippen molar-refractivity contribution in [2.24, 2.45) is 44.8 Å². The first-order valence-electron chi connectivity index (χ1n) is 35.0. The standard InChI is InChI=1S/C70H108N6O24S3/c1-35(77)92-48-50(94-37(3)79)56(75-63(87)72-43(22-31-102-17)58(84)90-14)100-61(52(48)96-39(5)81)98-53-49(93-36(2)78)51(95-38(4)80)55(74-62(86)71-42(21-30-101-16)57(83)89-13)99-60(53)97-47-20-24-68(10)46(65(47,6)7)19-25-70(12)54(68)45(82)33-40-41-34-67(9,28-26-66(41,8)27-29-69(40,70)11)76-64(88)73-44(23-32-103-18)59(85)91-15/h33,41-44,46-56,60-61H,19-32,34H2,1-18H3,(H2,71,74,86)(H2,72,75,87)(H2,73,76,88)/t41-,42?,43?,44?,46-,47-,48-,49-,50-,51-,52+,53+,54+,55-,56+,60+,61+,66+,67-,68-,69+,70+/m0/s1. The molecule has 4 saturated carbocycles. The number of esters is 8. The number of rotatable bonds is 27. The molecule has 2 aliphatic heterocycles. The average Bonchev–Trinajstić information content (AvgIpc) is 0.673. The number of carbonyl (C=O) groups excluding carboxylic acids is 12. The molecule has 0 spiro atoms. The third-order valence-electron chi connectivity index (χ3n) is 22.8. The number of fused-ring (bicyclic) bond motifs is 7. The number of ketones is 1. The van der Waals surface area contributed by atoms with Crippen molar-refractivity contribution in [1.29, 1.82) is 0 Å². The van der Waals surface area contributed by atoms with E-state index in [1.807, 2.05) is 33.1 Å². The Morgan fingerprint density at radius 1 is 0.515 bits per heavy atom. The summed E-state index contributed by atoms with van der Waals surface area (Å²) in [7, 11) is 3.57. The molecule has 6 fully saturated rings. The van der Waals surface area contributed by atoms with E-state index in [-0.39, 0.29) is 42.3 Å². The van der Waals surface area contributed by atoms with E-state index in [1.165, 1.54) is 30.6 Å². The highest BCUT2D eigenvalue weighted by molar-refractivity contribution is 7.99. The summed E-state index contributed by atoms with van der Waals surface area (Å²) in [5.74, 6) is -6.48. The molecule has 5 aliphatic carbocycles. The fourth-order valence-corrected chi connectivity index (χ4v) is 19.1. The van der Waals surface area contributed by atoms with Crippen molar-refractivity contribution >= 4 is 107 Å². The van der Waals surface area contributed by atoms with E-state index in [2.05, 4.69) is 59.6 Å². The molecule has 7 rings (SSSR count).